The molecule has 0 aliphatic rings. The Morgan fingerprint density at radius 2 is 1.89 bits per heavy atom. The Morgan fingerprint density at radius 3 is 2.53 bits per heavy atom. The Hall–Kier alpha value is -1.39. The number of rotatable bonds is 9. The Bertz CT molecular complexity index is 354. The number of methoxy groups -OCH3 is 1. The van der Waals surface area contributed by atoms with E-state index in [1.54, 1.807) is 0 Å². The first kappa shape index (κ1) is 15.7. The normalized spacial score (nSPS) is 10.7. The van der Waals surface area contributed by atoms with Crippen LogP contribution in [0.2, 0.25) is 0 Å². The summed E-state index contributed by atoms with van der Waals surface area (Å²) in [5.74, 6) is -0.140. The third-order valence-corrected chi connectivity index (χ3v) is 3.01. The fraction of sp³-hybridized carbons (Fsp3) is 0.533. The lowest BCUT2D eigenvalue weighted by molar-refractivity contribution is -0.140. The molecule has 0 saturated heterocycles. The van der Waals surface area contributed by atoms with Crippen LogP contribution in [-0.2, 0) is 16.1 Å². The number of hydrogen-bond donors (Lipinski definition) is 1. The van der Waals surface area contributed by atoms with Crippen LogP contribution < -0.4 is 5.73 Å². The highest BCUT2D eigenvalue weighted by atomic mass is 16.5. The lowest BCUT2D eigenvalue weighted by atomic mass is 10.2. The Kier molecular flexibility index (Phi) is 7.86. The Morgan fingerprint density at radius 1 is 1.21 bits per heavy atom. The molecular weight excluding hydrogens is 240 g/mol. The Labute approximate surface area is 115 Å². The van der Waals surface area contributed by atoms with Gasteiger partial charge in [-0.1, -0.05) is 30.3 Å². The zero-order chi connectivity index (χ0) is 13.9. The summed E-state index contributed by atoms with van der Waals surface area (Å²) in [4.78, 5) is 13.4. The molecule has 0 aliphatic carbocycles. The highest BCUT2D eigenvalue weighted by Crippen LogP contribution is 2.06. The predicted molar refractivity (Wildman–Crippen MR) is 76.6 cm³/mol. The fourth-order valence-corrected chi connectivity index (χ4v) is 1.98. The molecule has 1 aromatic rings. The van der Waals surface area contributed by atoms with Gasteiger partial charge in [-0.15, -0.1) is 0 Å². The van der Waals surface area contributed by atoms with E-state index < -0.39 is 0 Å². The van der Waals surface area contributed by atoms with Crippen LogP contribution >= 0.6 is 0 Å². The van der Waals surface area contributed by atoms with E-state index in [-0.39, 0.29) is 5.97 Å². The van der Waals surface area contributed by atoms with E-state index in [2.05, 4.69) is 21.8 Å². The van der Waals surface area contributed by atoms with Crippen LogP contribution in [0.1, 0.15) is 24.8 Å². The lowest BCUT2D eigenvalue weighted by Crippen LogP contribution is -2.27. The summed E-state index contributed by atoms with van der Waals surface area (Å²) in [6.45, 7) is 3.46. The van der Waals surface area contributed by atoms with E-state index in [4.69, 9.17) is 5.73 Å². The van der Waals surface area contributed by atoms with Gasteiger partial charge >= 0.3 is 5.97 Å². The van der Waals surface area contributed by atoms with Crippen molar-refractivity contribution in [2.24, 2.45) is 5.73 Å². The number of carbonyl (C=O) groups is 1. The number of ether oxygens (including phenoxy) is 1. The summed E-state index contributed by atoms with van der Waals surface area (Å²) < 4.78 is 4.65. The molecule has 1 rings (SSSR count). The number of hydrogen-bond acceptors (Lipinski definition) is 4. The monoisotopic (exact) mass is 264 g/mol. The van der Waals surface area contributed by atoms with Crippen molar-refractivity contribution in [3.63, 3.8) is 0 Å². The quantitative estimate of drug-likeness (QED) is 0.691. The van der Waals surface area contributed by atoms with Crippen LogP contribution in [-0.4, -0.2) is 37.6 Å². The van der Waals surface area contributed by atoms with Gasteiger partial charge in [0.25, 0.3) is 0 Å². The van der Waals surface area contributed by atoms with Crippen LogP contribution in [0.15, 0.2) is 30.3 Å². The minimum absolute atomic E-state index is 0.140. The molecule has 2 N–H and O–H groups in total. The molecule has 0 spiro atoms. The molecule has 1 aromatic carbocycles. The predicted octanol–water partition coefficient (Wildman–Crippen LogP) is 1.79. The van der Waals surface area contributed by atoms with Gasteiger partial charge in [-0.2, -0.15) is 0 Å². The van der Waals surface area contributed by atoms with Gasteiger partial charge in [-0.25, -0.2) is 0 Å². The van der Waals surface area contributed by atoms with Crippen molar-refractivity contribution in [1.82, 2.24) is 4.90 Å². The molecule has 19 heavy (non-hydrogen) atoms. The van der Waals surface area contributed by atoms with Gasteiger partial charge < -0.3 is 10.5 Å². The van der Waals surface area contributed by atoms with Crippen LogP contribution in [0.5, 0.6) is 0 Å². The van der Waals surface area contributed by atoms with E-state index >= 15 is 0 Å². The number of nitrogens with zero attached hydrogens (tertiary/aromatic N) is 1. The molecule has 0 fully saturated rings. The van der Waals surface area contributed by atoms with Crippen molar-refractivity contribution in [3.8, 4) is 0 Å². The topological polar surface area (TPSA) is 55.6 Å². The fourth-order valence-electron chi connectivity index (χ4n) is 1.98. The summed E-state index contributed by atoms with van der Waals surface area (Å²) in [5, 5.41) is 0. The summed E-state index contributed by atoms with van der Waals surface area (Å²) >= 11 is 0. The minimum atomic E-state index is -0.140. The highest BCUT2D eigenvalue weighted by Gasteiger charge is 2.07. The molecular formula is C15H24N2O2. The molecule has 0 radical (unpaired) electrons. The van der Waals surface area contributed by atoms with Gasteiger partial charge in [0.05, 0.1) is 7.11 Å². The molecule has 0 atom stereocenters. The van der Waals surface area contributed by atoms with E-state index in [9.17, 15) is 4.79 Å². The highest BCUT2D eigenvalue weighted by molar-refractivity contribution is 5.69. The second-order valence-corrected chi connectivity index (χ2v) is 4.58. The van der Waals surface area contributed by atoms with Gasteiger partial charge in [0.2, 0.25) is 0 Å². The van der Waals surface area contributed by atoms with E-state index in [1.165, 1.54) is 12.7 Å². The SMILES string of the molecule is COC(=O)CCCN(CCCN)Cc1ccccc1. The zero-order valence-corrected chi connectivity index (χ0v) is 11.7. The standard InChI is InChI=1S/C15H24N2O2/c1-19-15(18)9-5-11-17(12-6-10-16)13-14-7-3-2-4-8-14/h2-4,7-8H,5-6,9-13,16H2,1H3. The summed E-state index contributed by atoms with van der Waals surface area (Å²) in [6.07, 6.45) is 2.28. The largest absolute Gasteiger partial charge is 0.469 e. The van der Waals surface area contributed by atoms with Crippen LogP contribution in [0.4, 0.5) is 0 Å². The van der Waals surface area contributed by atoms with Crippen molar-refractivity contribution in [2.75, 3.05) is 26.7 Å². The average molecular weight is 264 g/mol. The third-order valence-electron chi connectivity index (χ3n) is 3.01. The zero-order valence-electron chi connectivity index (χ0n) is 11.7. The van der Waals surface area contributed by atoms with Gasteiger partial charge in [-0.3, -0.25) is 9.69 Å². The van der Waals surface area contributed by atoms with Gasteiger partial charge in [0, 0.05) is 13.0 Å². The maximum atomic E-state index is 11.1. The maximum absolute atomic E-state index is 11.1. The number of benzene rings is 1. The molecule has 0 saturated carbocycles. The van der Waals surface area contributed by atoms with Crippen molar-refractivity contribution >= 4 is 5.97 Å². The molecule has 4 heteroatoms. The lowest BCUT2D eigenvalue weighted by Gasteiger charge is -2.22. The van der Waals surface area contributed by atoms with Crippen LogP contribution in [0.25, 0.3) is 0 Å². The van der Waals surface area contributed by atoms with Crippen LogP contribution in [0.3, 0.4) is 0 Å². The average Bonchev–Trinajstić information content (AvgIpc) is 2.45. The van der Waals surface area contributed by atoms with E-state index in [1.807, 2.05) is 18.2 Å². The first-order valence-corrected chi connectivity index (χ1v) is 6.79. The summed E-state index contributed by atoms with van der Waals surface area (Å²) in [6, 6.07) is 10.4. The molecule has 0 heterocycles. The van der Waals surface area contributed by atoms with Gasteiger partial charge in [0.1, 0.15) is 0 Å². The molecule has 0 bridgehead atoms. The summed E-state index contributed by atoms with van der Waals surface area (Å²) in [7, 11) is 1.43. The first-order valence-electron chi connectivity index (χ1n) is 6.79. The molecule has 0 aliphatic heterocycles. The van der Waals surface area contributed by atoms with E-state index in [0.29, 0.717) is 13.0 Å². The molecule has 106 valence electrons. The van der Waals surface area contributed by atoms with Crippen molar-refractivity contribution < 1.29 is 9.53 Å². The van der Waals surface area contributed by atoms with Gasteiger partial charge in [-0.05, 0) is 38.0 Å². The molecule has 0 amide bonds. The second-order valence-electron chi connectivity index (χ2n) is 4.58. The smallest absolute Gasteiger partial charge is 0.305 e. The van der Waals surface area contributed by atoms with Crippen LogP contribution in [0, 0.1) is 0 Å². The van der Waals surface area contributed by atoms with Crippen molar-refractivity contribution in [2.45, 2.75) is 25.8 Å². The van der Waals surface area contributed by atoms with E-state index in [0.717, 1.165) is 32.5 Å². The number of esters is 1. The second kappa shape index (κ2) is 9.53. The number of nitrogens with two attached hydrogens (primary N) is 1. The molecule has 4 nitrogen and oxygen atoms in total. The molecule has 0 aromatic heterocycles. The first-order chi connectivity index (χ1) is 9.26. The van der Waals surface area contributed by atoms with Crippen molar-refractivity contribution in [3.05, 3.63) is 35.9 Å². The molecule has 0 unspecified atom stereocenters. The summed E-state index contributed by atoms with van der Waals surface area (Å²) in [5.41, 5.74) is 6.86. The Balaban J connectivity index is 2.40. The van der Waals surface area contributed by atoms with Gasteiger partial charge in [0.15, 0.2) is 0 Å². The minimum Gasteiger partial charge on any atom is -0.469 e. The maximum Gasteiger partial charge on any atom is 0.305 e. The number of carbonyl (C=O) groups excluding carboxylic acids is 1. The third kappa shape index (κ3) is 6.94. The van der Waals surface area contributed by atoms with Crippen molar-refractivity contribution in [1.29, 1.82) is 0 Å².